The van der Waals surface area contributed by atoms with Crippen molar-refractivity contribution >= 4 is 0 Å². The van der Waals surface area contributed by atoms with Crippen LogP contribution >= 0.6 is 0 Å². The quantitative estimate of drug-likeness (QED) is 0.193. The van der Waals surface area contributed by atoms with Crippen molar-refractivity contribution in [1.29, 1.82) is 0 Å². The van der Waals surface area contributed by atoms with Gasteiger partial charge in [0.25, 0.3) is 0 Å². The summed E-state index contributed by atoms with van der Waals surface area (Å²) < 4.78 is 30.2. The Labute approximate surface area is 248 Å². The highest BCUT2D eigenvalue weighted by molar-refractivity contribution is 5.33. The van der Waals surface area contributed by atoms with Crippen LogP contribution < -0.4 is 14.8 Å². The molecule has 1 fully saturated rings. The molecule has 42 heavy (non-hydrogen) atoms. The number of para-hydroxylation sites is 1. The summed E-state index contributed by atoms with van der Waals surface area (Å²) in [6.07, 6.45) is 7.86. The van der Waals surface area contributed by atoms with E-state index in [-0.39, 0.29) is 18.1 Å². The second kappa shape index (κ2) is 16.0. The molecule has 2 unspecified atom stereocenters. The highest BCUT2D eigenvalue weighted by atomic mass is 16.5. The molecule has 0 amide bonds. The highest BCUT2D eigenvalue weighted by Crippen LogP contribution is 2.32. The van der Waals surface area contributed by atoms with Gasteiger partial charge in [-0.15, -0.1) is 0 Å². The average molecular weight is 570 g/mol. The summed E-state index contributed by atoms with van der Waals surface area (Å²) in [4.78, 5) is 8.23. The Hall–Kier alpha value is -3.82. The van der Waals surface area contributed by atoms with Crippen LogP contribution in [0.4, 0.5) is 0 Å². The zero-order chi connectivity index (χ0) is 28.8. The molecule has 2 aromatic carbocycles. The Bertz CT molecular complexity index is 1270. The van der Waals surface area contributed by atoms with Crippen molar-refractivity contribution in [2.75, 3.05) is 33.4 Å². The molecule has 1 N–H and O–H groups in total. The number of piperidine rings is 1. The maximum atomic E-state index is 6.46. The number of pyridine rings is 2. The second-order valence-corrected chi connectivity index (χ2v) is 10.2. The van der Waals surface area contributed by atoms with Crippen LogP contribution in [-0.2, 0) is 34.0 Å². The highest BCUT2D eigenvalue weighted by Gasteiger charge is 2.36. The van der Waals surface area contributed by atoms with Crippen molar-refractivity contribution < 1.29 is 23.7 Å². The summed E-state index contributed by atoms with van der Waals surface area (Å²) in [6.45, 7) is 4.23. The molecule has 5 rings (SSSR count). The lowest BCUT2D eigenvalue weighted by atomic mass is 9.85. The molecule has 4 aromatic rings. The Kier molecular flexibility index (Phi) is 11.3. The van der Waals surface area contributed by atoms with Crippen LogP contribution in [0, 0.1) is 0 Å². The van der Waals surface area contributed by atoms with E-state index in [9.17, 15) is 0 Å². The van der Waals surface area contributed by atoms with Crippen molar-refractivity contribution in [2.24, 2.45) is 0 Å². The van der Waals surface area contributed by atoms with Gasteiger partial charge in [0.1, 0.15) is 11.5 Å². The number of nitrogens with one attached hydrogen (secondary N) is 1. The molecular weight excluding hydrogens is 530 g/mol. The minimum atomic E-state index is -0.0542. The number of rotatable bonds is 15. The maximum Gasteiger partial charge on any atom is 0.124 e. The Morgan fingerprint density at radius 3 is 1.95 bits per heavy atom. The van der Waals surface area contributed by atoms with E-state index in [1.54, 1.807) is 31.9 Å². The van der Waals surface area contributed by atoms with Crippen molar-refractivity contribution in [1.82, 2.24) is 15.3 Å². The van der Waals surface area contributed by atoms with Crippen LogP contribution in [0.2, 0.25) is 0 Å². The summed E-state index contributed by atoms with van der Waals surface area (Å²) in [6, 6.07) is 24.2. The van der Waals surface area contributed by atoms with Gasteiger partial charge in [0, 0.05) is 55.8 Å². The number of nitrogens with zero attached hydrogens (tertiary/aromatic N) is 2. The van der Waals surface area contributed by atoms with Crippen LogP contribution in [0.15, 0.2) is 97.6 Å². The minimum Gasteiger partial charge on any atom is -0.496 e. The molecule has 0 bridgehead atoms. The molecule has 0 aliphatic carbocycles. The first-order chi connectivity index (χ1) is 20.8. The fourth-order valence-electron chi connectivity index (χ4n) is 5.12. The predicted octanol–water partition coefficient (Wildman–Crippen LogP) is 5.33. The fourth-order valence-corrected chi connectivity index (χ4v) is 5.12. The molecule has 1 saturated heterocycles. The van der Waals surface area contributed by atoms with E-state index in [1.807, 2.05) is 60.7 Å². The van der Waals surface area contributed by atoms with Gasteiger partial charge >= 0.3 is 0 Å². The molecule has 1 aliphatic rings. The molecule has 2 atom stereocenters. The Morgan fingerprint density at radius 1 is 0.714 bits per heavy atom. The van der Waals surface area contributed by atoms with Gasteiger partial charge in [-0.1, -0.05) is 30.3 Å². The number of methoxy groups -OCH3 is 1. The molecule has 220 valence electrons. The molecule has 0 saturated carbocycles. The largest absolute Gasteiger partial charge is 0.496 e. The molecule has 0 radical (unpaired) electrons. The van der Waals surface area contributed by atoms with Gasteiger partial charge in [-0.25, -0.2) is 0 Å². The molecule has 2 aromatic heterocycles. The molecule has 8 heteroatoms. The van der Waals surface area contributed by atoms with E-state index in [0.717, 1.165) is 47.7 Å². The smallest absolute Gasteiger partial charge is 0.124 e. The lowest BCUT2D eigenvalue weighted by Gasteiger charge is -2.39. The van der Waals surface area contributed by atoms with Crippen molar-refractivity contribution in [3.63, 3.8) is 0 Å². The molecular formula is C34H39N3O5. The van der Waals surface area contributed by atoms with Crippen molar-refractivity contribution in [2.45, 2.75) is 44.4 Å². The Morgan fingerprint density at radius 2 is 1.33 bits per heavy atom. The minimum absolute atomic E-state index is 0.0542. The molecule has 1 aliphatic heterocycles. The summed E-state index contributed by atoms with van der Waals surface area (Å²) in [5.74, 6) is 1.74. The zero-order valence-electron chi connectivity index (χ0n) is 24.1. The van der Waals surface area contributed by atoms with Gasteiger partial charge in [0.05, 0.1) is 52.4 Å². The molecule has 8 nitrogen and oxygen atoms in total. The van der Waals surface area contributed by atoms with E-state index in [0.29, 0.717) is 33.0 Å². The number of benzene rings is 2. The molecule has 3 heterocycles. The van der Waals surface area contributed by atoms with Crippen LogP contribution in [0.5, 0.6) is 11.5 Å². The second-order valence-electron chi connectivity index (χ2n) is 10.2. The lowest BCUT2D eigenvalue weighted by Crippen LogP contribution is -2.50. The first-order valence-corrected chi connectivity index (χ1v) is 14.4. The van der Waals surface area contributed by atoms with Crippen LogP contribution in [0.25, 0.3) is 0 Å². The van der Waals surface area contributed by atoms with Gasteiger partial charge in [-0.3, -0.25) is 9.97 Å². The third-order valence-electron chi connectivity index (χ3n) is 7.34. The monoisotopic (exact) mass is 569 g/mol. The van der Waals surface area contributed by atoms with Gasteiger partial charge in [0.15, 0.2) is 0 Å². The van der Waals surface area contributed by atoms with Crippen molar-refractivity contribution in [3.8, 4) is 11.5 Å². The summed E-state index contributed by atoms with van der Waals surface area (Å²) in [5, 5.41) is 3.51. The van der Waals surface area contributed by atoms with E-state index in [4.69, 9.17) is 23.7 Å². The van der Waals surface area contributed by atoms with Gasteiger partial charge in [-0.05, 0) is 59.2 Å². The third-order valence-corrected chi connectivity index (χ3v) is 7.34. The number of aromatic nitrogens is 2. The molecule has 0 spiro atoms. The first kappa shape index (κ1) is 29.7. The topological polar surface area (TPSA) is 84.0 Å². The van der Waals surface area contributed by atoms with E-state index in [1.165, 1.54) is 5.56 Å². The predicted molar refractivity (Wildman–Crippen MR) is 160 cm³/mol. The maximum absolute atomic E-state index is 6.46. The number of hydrogen-bond acceptors (Lipinski definition) is 8. The Balaban J connectivity index is 1.16. The van der Waals surface area contributed by atoms with Crippen LogP contribution in [0.3, 0.4) is 0 Å². The third kappa shape index (κ3) is 8.59. The summed E-state index contributed by atoms with van der Waals surface area (Å²) in [5.41, 5.74) is 4.41. The normalized spacial score (nSPS) is 18.5. The summed E-state index contributed by atoms with van der Waals surface area (Å²) >= 11 is 0. The zero-order valence-corrected chi connectivity index (χ0v) is 24.1. The standard InChI is InChI=1S/C34H39N3O5/c1-38-31-6-3-2-5-29(31)25-39-19-4-20-40-30-9-7-28(8-10-30)34-32(41-23-26-11-15-35-16-12-26)21-37-22-33(34)42-24-27-13-17-36-18-14-27/h2-3,5-18,32-34,37H,4,19-25H2,1H3. The van der Waals surface area contributed by atoms with E-state index >= 15 is 0 Å². The van der Waals surface area contributed by atoms with Crippen LogP contribution in [0.1, 0.15) is 34.6 Å². The van der Waals surface area contributed by atoms with Gasteiger partial charge < -0.3 is 29.0 Å². The number of ether oxygens (including phenoxy) is 5. The van der Waals surface area contributed by atoms with E-state index < -0.39 is 0 Å². The van der Waals surface area contributed by atoms with Gasteiger partial charge in [0.2, 0.25) is 0 Å². The first-order valence-electron chi connectivity index (χ1n) is 14.4. The van der Waals surface area contributed by atoms with Gasteiger partial charge in [-0.2, -0.15) is 0 Å². The lowest BCUT2D eigenvalue weighted by molar-refractivity contribution is -0.0650. The van der Waals surface area contributed by atoms with E-state index in [2.05, 4.69) is 27.4 Å². The average Bonchev–Trinajstić information content (AvgIpc) is 3.06. The van der Waals surface area contributed by atoms with Crippen molar-refractivity contribution in [3.05, 3.63) is 120 Å². The summed E-state index contributed by atoms with van der Waals surface area (Å²) in [7, 11) is 1.68. The van der Waals surface area contributed by atoms with Crippen LogP contribution in [-0.4, -0.2) is 55.6 Å². The fraction of sp³-hybridized carbons (Fsp3) is 0.353. The SMILES string of the molecule is COc1ccccc1COCCCOc1ccc(C2C(OCc3ccncc3)CNCC2OCc2ccncc2)cc1. The number of hydrogen-bond donors (Lipinski definition) is 1.